The molecule has 2 aromatic heterocycles. The third kappa shape index (κ3) is 3.99. The van der Waals surface area contributed by atoms with Crippen molar-refractivity contribution in [2.75, 3.05) is 0 Å². The van der Waals surface area contributed by atoms with Crippen LogP contribution in [0.2, 0.25) is 0 Å². The fourth-order valence-corrected chi connectivity index (χ4v) is 4.40. The quantitative estimate of drug-likeness (QED) is 0.291. The normalized spacial score (nSPS) is 11.2. The third-order valence-electron chi connectivity index (χ3n) is 6.12. The maximum Gasteiger partial charge on any atom is 0.0708 e. The van der Waals surface area contributed by atoms with Gasteiger partial charge in [-0.15, -0.1) is 0 Å². The maximum absolute atomic E-state index is 4.70. The van der Waals surface area contributed by atoms with Gasteiger partial charge in [-0.25, -0.2) is 0 Å². The van der Waals surface area contributed by atoms with E-state index in [1.165, 1.54) is 21.9 Å². The molecule has 0 radical (unpaired) electrons. The molecular weight excluding hydrogens is 400 g/mol. The van der Waals surface area contributed by atoms with Crippen LogP contribution in [0.25, 0.3) is 44.1 Å². The fourth-order valence-electron chi connectivity index (χ4n) is 4.40. The summed E-state index contributed by atoms with van der Waals surface area (Å²) in [6, 6.07) is 38.4. The Morgan fingerprint density at radius 2 is 0.879 bits per heavy atom. The molecular formula is C31H22N2. The lowest BCUT2D eigenvalue weighted by atomic mass is 9.98. The summed E-state index contributed by atoms with van der Waals surface area (Å²) < 4.78 is 0. The van der Waals surface area contributed by atoms with Crippen molar-refractivity contribution in [2.45, 2.75) is 6.42 Å². The molecule has 156 valence electrons. The van der Waals surface area contributed by atoms with Gasteiger partial charge in [-0.05, 0) is 52.6 Å². The van der Waals surface area contributed by atoms with Crippen LogP contribution in [-0.4, -0.2) is 9.97 Å². The first kappa shape index (κ1) is 19.4. The minimum Gasteiger partial charge on any atom is -0.256 e. The smallest absolute Gasteiger partial charge is 0.0708 e. The van der Waals surface area contributed by atoms with E-state index in [9.17, 15) is 0 Å². The number of hydrogen-bond donors (Lipinski definition) is 0. The van der Waals surface area contributed by atoms with Crippen molar-refractivity contribution in [2.24, 2.45) is 0 Å². The van der Waals surface area contributed by atoms with Crippen molar-refractivity contribution in [1.29, 1.82) is 0 Å². The number of aromatic nitrogens is 2. The zero-order valence-electron chi connectivity index (χ0n) is 18.1. The van der Waals surface area contributed by atoms with Crippen LogP contribution in [-0.2, 0) is 6.42 Å². The molecule has 33 heavy (non-hydrogen) atoms. The van der Waals surface area contributed by atoms with Gasteiger partial charge >= 0.3 is 0 Å². The number of hydrogen-bond acceptors (Lipinski definition) is 2. The number of rotatable bonds is 4. The van der Waals surface area contributed by atoms with E-state index in [1.54, 1.807) is 0 Å². The molecule has 0 aliphatic carbocycles. The molecule has 0 fully saturated rings. The monoisotopic (exact) mass is 422 g/mol. The van der Waals surface area contributed by atoms with Crippen LogP contribution in [0.15, 0.2) is 122 Å². The Labute approximate surface area is 193 Å². The fraction of sp³-hybridized carbons (Fsp3) is 0.0323. The zero-order valence-corrected chi connectivity index (χ0v) is 18.1. The molecule has 0 bridgehead atoms. The molecule has 0 aliphatic heterocycles. The minimum atomic E-state index is 0.864. The lowest BCUT2D eigenvalue weighted by molar-refractivity contribution is 1.19. The Morgan fingerprint density at radius 3 is 1.36 bits per heavy atom. The van der Waals surface area contributed by atoms with E-state index < -0.39 is 0 Å². The second-order valence-electron chi connectivity index (χ2n) is 8.41. The van der Waals surface area contributed by atoms with Crippen LogP contribution in [0.1, 0.15) is 11.1 Å². The van der Waals surface area contributed by atoms with Crippen LogP contribution >= 0.6 is 0 Å². The highest BCUT2D eigenvalue weighted by Gasteiger charge is 2.06. The molecule has 6 aromatic rings. The van der Waals surface area contributed by atoms with Crippen molar-refractivity contribution < 1.29 is 0 Å². The van der Waals surface area contributed by atoms with Crippen molar-refractivity contribution in [3.05, 3.63) is 133 Å². The van der Waals surface area contributed by atoms with Crippen LogP contribution in [0.5, 0.6) is 0 Å². The Morgan fingerprint density at radius 1 is 0.424 bits per heavy atom. The molecule has 0 unspecified atom stereocenters. The van der Waals surface area contributed by atoms with E-state index in [4.69, 9.17) is 9.97 Å². The molecule has 0 saturated carbocycles. The van der Waals surface area contributed by atoms with Gasteiger partial charge in [-0.3, -0.25) is 9.97 Å². The van der Waals surface area contributed by atoms with Gasteiger partial charge in [0.05, 0.1) is 11.4 Å². The van der Waals surface area contributed by atoms with Gasteiger partial charge in [0.15, 0.2) is 0 Å². The third-order valence-corrected chi connectivity index (χ3v) is 6.12. The molecule has 0 saturated heterocycles. The highest BCUT2D eigenvalue weighted by molar-refractivity contribution is 5.86. The molecule has 0 amide bonds. The van der Waals surface area contributed by atoms with Crippen LogP contribution < -0.4 is 0 Å². The van der Waals surface area contributed by atoms with Gasteiger partial charge in [-0.2, -0.15) is 0 Å². The molecule has 0 atom stereocenters. The molecule has 4 aromatic carbocycles. The first-order valence-corrected chi connectivity index (χ1v) is 11.2. The number of nitrogens with zero attached hydrogens (tertiary/aromatic N) is 2. The summed E-state index contributed by atoms with van der Waals surface area (Å²) >= 11 is 0. The maximum atomic E-state index is 4.70. The van der Waals surface area contributed by atoms with Crippen molar-refractivity contribution >= 4 is 21.5 Å². The summed E-state index contributed by atoms with van der Waals surface area (Å²) in [7, 11) is 0. The number of fused-ring (bicyclic) bond motifs is 2. The first-order valence-electron chi connectivity index (χ1n) is 11.2. The van der Waals surface area contributed by atoms with Gasteiger partial charge in [0.25, 0.3) is 0 Å². The summed E-state index contributed by atoms with van der Waals surface area (Å²) in [5.74, 6) is 0. The van der Waals surface area contributed by atoms with E-state index in [1.807, 2.05) is 24.5 Å². The van der Waals surface area contributed by atoms with Crippen LogP contribution in [0.4, 0.5) is 0 Å². The summed E-state index contributed by atoms with van der Waals surface area (Å²) in [6.45, 7) is 0. The standard InChI is InChI=1S/C31H22N2/c1-3-11-28-20-32-30(18-24(28)9-1)26-13-5-7-22(16-26)15-23-8-6-14-27(17-23)31-19-25-10-2-4-12-29(25)21-33-31/h1-14,16-21H,15H2. The van der Waals surface area contributed by atoms with E-state index in [-0.39, 0.29) is 0 Å². The first-order chi connectivity index (χ1) is 16.3. The van der Waals surface area contributed by atoms with Gasteiger partial charge in [0, 0.05) is 34.3 Å². The lowest BCUT2D eigenvalue weighted by Gasteiger charge is -2.09. The molecule has 0 N–H and O–H groups in total. The van der Waals surface area contributed by atoms with Crippen molar-refractivity contribution in [3.63, 3.8) is 0 Å². The lowest BCUT2D eigenvalue weighted by Crippen LogP contribution is -1.92. The molecule has 2 heteroatoms. The topological polar surface area (TPSA) is 25.8 Å². The van der Waals surface area contributed by atoms with E-state index in [0.29, 0.717) is 0 Å². The average Bonchev–Trinajstić information content (AvgIpc) is 2.88. The second-order valence-corrected chi connectivity index (χ2v) is 8.41. The average molecular weight is 423 g/mol. The highest BCUT2D eigenvalue weighted by atomic mass is 14.7. The Kier molecular flexibility index (Phi) is 4.89. The minimum absolute atomic E-state index is 0.864. The second kappa shape index (κ2) is 8.33. The molecule has 2 nitrogen and oxygen atoms in total. The number of pyridine rings is 2. The predicted molar refractivity (Wildman–Crippen MR) is 137 cm³/mol. The van der Waals surface area contributed by atoms with Gasteiger partial charge in [0.1, 0.15) is 0 Å². The van der Waals surface area contributed by atoms with Gasteiger partial charge in [0.2, 0.25) is 0 Å². The zero-order chi connectivity index (χ0) is 22.0. The predicted octanol–water partition coefficient (Wildman–Crippen LogP) is 7.71. The number of benzene rings is 4. The van der Waals surface area contributed by atoms with E-state index in [0.717, 1.165) is 39.7 Å². The van der Waals surface area contributed by atoms with Crippen molar-refractivity contribution in [3.8, 4) is 22.5 Å². The van der Waals surface area contributed by atoms with E-state index >= 15 is 0 Å². The summed E-state index contributed by atoms with van der Waals surface area (Å²) in [4.78, 5) is 9.39. The summed E-state index contributed by atoms with van der Waals surface area (Å²) in [6.07, 6.45) is 4.78. The Hall–Kier alpha value is -4.30. The van der Waals surface area contributed by atoms with Gasteiger partial charge < -0.3 is 0 Å². The van der Waals surface area contributed by atoms with Crippen LogP contribution in [0, 0.1) is 0 Å². The summed E-state index contributed by atoms with van der Waals surface area (Å²) in [5, 5.41) is 4.75. The highest BCUT2D eigenvalue weighted by Crippen LogP contribution is 2.26. The Bertz CT molecular complexity index is 1480. The van der Waals surface area contributed by atoms with Crippen molar-refractivity contribution in [1.82, 2.24) is 9.97 Å². The molecule has 2 heterocycles. The van der Waals surface area contributed by atoms with Crippen LogP contribution in [0.3, 0.4) is 0 Å². The Balaban J connectivity index is 1.30. The largest absolute Gasteiger partial charge is 0.256 e. The molecule has 0 spiro atoms. The molecule has 6 rings (SSSR count). The SMILES string of the molecule is c1cc(Cc2cccc(-c3cc4ccccc4cn3)c2)cc(-c2cc3ccccc3cn2)c1. The van der Waals surface area contributed by atoms with Gasteiger partial charge in [-0.1, -0.05) is 84.9 Å². The molecule has 0 aliphatic rings. The van der Waals surface area contributed by atoms with E-state index in [2.05, 4.69) is 97.1 Å². The summed E-state index contributed by atoms with van der Waals surface area (Å²) in [5.41, 5.74) is 6.84.